The summed E-state index contributed by atoms with van der Waals surface area (Å²) in [6.45, 7) is 0.424. The Morgan fingerprint density at radius 3 is 2.89 bits per heavy atom. The van der Waals surface area contributed by atoms with Crippen molar-refractivity contribution in [3.63, 3.8) is 0 Å². The van der Waals surface area contributed by atoms with Gasteiger partial charge in [-0.1, -0.05) is 24.3 Å². The molecule has 1 saturated heterocycles. The second-order valence-electron chi connectivity index (χ2n) is 4.47. The predicted octanol–water partition coefficient (Wildman–Crippen LogP) is 1.57. The van der Waals surface area contributed by atoms with Gasteiger partial charge in [-0.25, -0.2) is 4.99 Å². The van der Waals surface area contributed by atoms with Gasteiger partial charge in [0.05, 0.1) is 6.61 Å². The lowest BCUT2D eigenvalue weighted by molar-refractivity contribution is 0.100. The number of benzene rings is 1. The molecular formula is C14H12BNO3. The van der Waals surface area contributed by atoms with Gasteiger partial charge in [0.2, 0.25) is 0 Å². The average molecular weight is 253 g/mol. The molecule has 1 aliphatic heterocycles. The van der Waals surface area contributed by atoms with E-state index >= 15 is 0 Å². The fourth-order valence-electron chi connectivity index (χ4n) is 2.16. The second-order valence-corrected chi connectivity index (χ2v) is 4.47. The van der Waals surface area contributed by atoms with Gasteiger partial charge < -0.3 is 9.68 Å². The van der Waals surface area contributed by atoms with Gasteiger partial charge in [0, 0.05) is 17.7 Å². The maximum atomic E-state index is 12.0. The molecule has 2 aliphatic rings. The maximum absolute atomic E-state index is 12.0. The number of hydrogen-bond acceptors (Lipinski definition) is 3. The van der Waals surface area contributed by atoms with E-state index in [-0.39, 0.29) is 5.91 Å². The summed E-state index contributed by atoms with van der Waals surface area (Å²) in [6.07, 6.45) is 4.28. The molecule has 4 nitrogen and oxygen atoms in total. The van der Waals surface area contributed by atoms with E-state index in [0.29, 0.717) is 29.8 Å². The standard InChI is InChI=1S/C14H12BNO3/c17-14(10-4-2-1-3-5-10)16-12-7-6-11-9-19-15(18)13(11)8-12/h1-6,8,18H,7,9H2. The Hall–Kier alpha value is -1.98. The normalized spacial score (nSPS) is 20.1. The van der Waals surface area contributed by atoms with E-state index in [4.69, 9.17) is 4.65 Å². The SMILES string of the molecule is O=C(N=C1C=C2B(O)OCC2=CC1)c1ccccc1. The topological polar surface area (TPSA) is 58.9 Å². The Kier molecular flexibility index (Phi) is 3.15. The van der Waals surface area contributed by atoms with Crippen LogP contribution in [-0.2, 0) is 4.65 Å². The van der Waals surface area contributed by atoms with E-state index in [1.165, 1.54) is 0 Å². The first kappa shape index (κ1) is 12.1. The largest absolute Gasteiger partial charge is 0.491 e. The fraction of sp³-hybridized carbons (Fsp3) is 0.143. The van der Waals surface area contributed by atoms with Crippen LogP contribution in [0.25, 0.3) is 0 Å². The molecule has 0 saturated carbocycles. The molecule has 1 aromatic carbocycles. The Balaban J connectivity index is 1.85. The van der Waals surface area contributed by atoms with Gasteiger partial charge in [0.15, 0.2) is 0 Å². The number of carbonyl (C=O) groups excluding carboxylic acids is 1. The molecule has 0 radical (unpaired) electrons. The zero-order valence-corrected chi connectivity index (χ0v) is 10.2. The number of allylic oxidation sites excluding steroid dienone is 2. The van der Waals surface area contributed by atoms with Crippen molar-refractivity contribution >= 4 is 18.7 Å². The number of rotatable bonds is 1. The molecule has 1 fully saturated rings. The molecule has 19 heavy (non-hydrogen) atoms. The molecule has 1 aliphatic carbocycles. The zero-order chi connectivity index (χ0) is 13.2. The third kappa shape index (κ3) is 2.43. The highest BCUT2D eigenvalue weighted by Gasteiger charge is 2.32. The van der Waals surface area contributed by atoms with Gasteiger partial charge in [-0.3, -0.25) is 4.79 Å². The summed E-state index contributed by atoms with van der Waals surface area (Å²) in [5, 5.41) is 9.62. The van der Waals surface area contributed by atoms with E-state index in [1.54, 1.807) is 30.3 Å². The van der Waals surface area contributed by atoms with Crippen LogP contribution in [-0.4, -0.2) is 30.4 Å². The minimum absolute atomic E-state index is 0.266. The van der Waals surface area contributed by atoms with E-state index < -0.39 is 7.12 Å². The van der Waals surface area contributed by atoms with Crippen LogP contribution < -0.4 is 0 Å². The molecule has 0 unspecified atom stereocenters. The zero-order valence-electron chi connectivity index (χ0n) is 10.2. The van der Waals surface area contributed by atoms with Crippen LogP contribution in [0.1, 0.15) is 16.8 Å². The molecule has 1 heterocycles. The maximum Gasteiger partial charge on any atom is 0.491 e. The highest BCUT2D eigenvalue weighted by Crippen LogP contribution is 2.26. The van der Waals surface area contributed by atoms with Crippen LogP contribution >= 0.6 is 0 Å². The highest BCUT2D eigenvalue weighted by atomic mass is 16.5. The molecule has 0 aromatic heterocycles. The van der Waals surface area contributed by atoms with E-state index in [2.05, 4.69) is 4.99 Å². The van der Waals surface area contributed by atoms with E-state index in [0.717, 1.165) is 5.57 Å². The summed E-state index contributed by atoms with van der Waals surface area (Å²) >= 11 is 0. The first-order chi connectivity index (χ1) is 9.24. The van der Waals surface area contributed by atoms with Crippen LogP contribution in [0.4, 0.5) is 0 Å². The molecule has 3 rings (SSSR count). The average Bonchev–Trinajstić information content (AvgIpc) is 2.81. The third-order valence-electron chi connectivity index (χ3n) is 3.18. The number of aliphatic imine (C=N–C) groups is 1. The Labute approximate surface area is 111 Å². The number of carbonyl (C=O) groups is 1. The van der Waals surface area contributed by atoms with Gasteiger partial charge in [-0.05, 0) is 29.3 Å². The quantitative estimate of drug-likeness (QED) is 0.773. The van der Waals surface area contributed by atoms with Crippen molar-refractivity contribution in [2.45, 2.75) is 6.42 Å². The number of fused-ring (bicyclic) bond motifs is 1. The van der Waals surface area contributed by atoms with Crippen LogP contribution in [0.5, 0.6) is 0 Å². The van der Waals surface area contributed by atoms with E-state index in [9.17, 15) is 9.82 Å². The molecule has 1 amide bonds. The summed E-state index contributed by atoms with van der Waals surface area (Å²) in [6, 6.07) is 8.93. The first-order valence-electron chi connectivity index (χ1n) is 6.11. The summed E-state index contributed by atoms with van der Waals surface area (Å²) < 4.78 is 5.12. The van der Waals surface area contributed by atoms with Crippen molar-refractivity contribution in [3.8, 4) is 0 Å². The van der Waals surface area contributed by atoms with Crippen molar-refractivity contribution in [1.82, 2.24) is 0 Å². The van der Waals surface area contributed by atoms with E-state index in [1.807, 2.05) is 12.1 Å². The molecular weight excluding hydrogens is 241 g/mol. The molecule has 0 atom stereocenters. The summed E-state index contributed by atoms with van der Waals surface area (Å²) in [7, 11) is -0.899. The minimum atomic E-state index is -0.899. The molecule has 1 N–H and O–H groups in total. The van der Waals surface area contributed by atoms with Gasteiger partial charge in [0.25, 0.3) is 5.91 Å². The van der Waals surface area contributed by atoms with Gasteiger partial charge in [0.1, 0.15) is 0 Å². The van der Waals surface area contributed by atoms with Crippen LogP contribution in [0.2, 0.25) is 0 Å². The van der Waals surface area contributed by atoms with Gasteiger partial charge >= 0.3 is 7.12 Å². The Morgan fingerprint density at radius 2 is 2.11 bits per heavy atom. The smallest absolute Gasteiger partial charge is 0.423 e. The summed E-state index contributed by atoms with van der Waals surface area (Å²) in [5.74, 6) is -0.266. The summed E-state index contributed by atoms with van der Waals surface area (Å²) in [5.41, 5.74) is 2.91. The third-order valence-corrected chi connectivity index (χ3v) is 3.18. The highest BCUT2D eigenvalue weighted by molar-refractivity contribution is 6.56. The Morgan fingerprint density at radius 1 is 1.32 bits per heavy atom. The molecule has 5 heteroatoms. The number of hydrogen-bond donors (Lipinski definition) is 1. The first-order valence-corrected chi connectivity index (χ1v) is 6.11. The van der Waals surface area contributed by atoms with Crippen molar-refractivity contribution in [2.24, 2.45) is 4.99 Å². The molecule has 1 aromatic rings. The van der Waals surface area contributed by atoms with Crippen molar-refractivity contribution in [3.05, 3.63) is 59.1 Å². The van der Waals surface area contributed by atoms with Crippen LogP contribution in [0.3, 0.4) is 0 Å². The van der Waals surface area contributed by atoms with Gasteiger partial charge in [-0.15, -0.1) is 0 Å². The molecule has 94 valence electrons. The summed E-state index contributed by atoms with van der Waals surface area (Å²) in [4.78, 5) is 16.0. The lowest BCUT2D eigenvalue weighted by atomic mass is 9.75. The Bertz CT molecular complexity index is 604. The van der Waals surface area contributed by atoms with Crippen molar-refractivity contribution < 1.29 is 14.5 Å². The van der Waals surface area contributed by atoms with Crippen LogP contribution in [0.15, 0.2) is 58.5 Å². The lowest BCUT2D eigenvalue weighted by Crippen LogP contribution is -2.15. The van der Waals surface area contributed by atoms with Crippen LogP contribution in [0, 0.1) is 0 Å². The minimum Gasteiger partial charge on any atom is -0.423 e. The fourth-order valence-corrected chi connectivity index (χ4v) is 2.16. The van der Waals surface area contributed by atoms with Crippen molar-refractivity contribution in [2.75, 3.05) is 6.61 Å². The monoisotopic (exact) mass is 253 g/mol. The second kappa shape index (κ2) is 4.95. The van der Waals surface area contributed by atoms with Crippen molar-refractivity contribution in [1.29, 1.82) is 0 Å². The molecule has 0 spiro atoms. The lowest BCUT2D eigenvalue weighted by Gasteiger charge is -2.08. The van der Waals surface area contributed by atoms with Gasteiger partial charge in [-0.2, -0.15) is 0 Å². The predicted molar refractivity (Wildman–Crippen MR) is 72.9 cm³/mol. The number of amides is 1. The molecule has 0 bridgehead atoms. The number of nitrogens with zero attached hydrogens (tertiary/aromatic N) is 1.